The lowest BCUT2D eigenvalue weighted by atomic mass is 9.99. The maximum absolute atomic E-state index is 12.3. The third kappa shape index (κ3) is 3.23. The van der Waals surface area contributed by atoms with Crippen LogP contribution in [0.4, 0.5) is 0 Å². The number of nitrogens with one attached hydrogen (secondary N) is 1. The number of ether oxygens (including phenoxy) is 1. The molecule has 19 heavy (non-hydrogen) atoms. The van der Waals surface area contributed by atoms with Crippen molar-refractivity contribution < 1.29 is 9.53 Å². The van der Waals surface area contributed by atoms with Crippen LogP contribution >= 0.6 is 27.5 Å². The van der Waals surface area contributed by atoms with Crippen molar-refractivity contribution in [3.8, 4) is 5.75 Å². The van der Waals surface area contributed by atoms with Crippen LogP contribution in [-0.2, 0) is 0 Å². The monoisotopic (exact) mass is 345 g/mol. The number of hydrogen-bond donors (Lipinski definition) is 1. The van der Waals surface area contributed by atoms with Gasteiger partial charge in [-0.1, -0.05) is 12.8 Å². The van der Waals surface area contributed by atoms with E-state index in [9.17, 15) is 4.79 Å². The fourth-order valence-electron chi connectivity index (χ4n) is 2.46. The molecule has 0 radical (unpaired) electrons. The number of halogens is 2. The van der Waals surface area contributed by atoms with Crippen molar-refractivity contribution in [3.05, 3.63) is 28.2 Å². The SMILES string of the molecule is COc1ccc(C(=O)NC2(CCl)CCCC2)cc1Br. The largest absolute Gasteiger partial charge is 0.496 e. The van der Waals surface area contributed by atoms with Crippen LogP contribution in [0.1, 0.15) is 36.0 Å². The highest BCUT2D eigenvalue weighted by atomic mass is 79.9. The molecule has 0 spiro atoms. The summed E-state index contributed by atoms with van der Waals surface area (Å²) in [7, 11) is 1.60. The van der Waals surface area contributed by atoms with Gasteiger partial charge in [0.25, 0.3) is 5.91 Å². The Kier molecular flexibility index (Phi) is 4.74. The highest BCUT2D eigenvalue weighted by Gasteiger charge is 2.34. The minimum atomic E-state index is -0.231. The van der Waals surface area contributed by atoms with Gasteiger partial charge in [0.05, 0.1) is 17.1 Å². The Labute approximate surface area is 126 Å². The average Bonchev–Trinajstić information content (AvgIpc) is 2.87. The molecule has 0 aromatic heterocycles. The number of amides is 1. The van der Waals surface area contributed by atoms with Gasteiger partial charge in [-0.25, -0.2) is 0 Å². The van der Waals surface area contributed by atoms with E-state index in [4.69, 9.17) is 16.3 Å². The van der Waals surface area contributed by atoms with Crippen molar-refractivity contribution in [1.29, 1.82) is 0 Å². The lowest BCUT2D eigenvalue weighted by Gasteiger charge is -2.27. The summed E-state index contributed by atoms with van der Waals surface area (Å²) in [5.74, 6) is 1.10. The van der Waals surface area contributed by atoms with E-state index < -0.39 is 0 Å². The fraction of sp³-hybridized carbons (Fsp3) is 0.500. The Bertz CT molecular complexity index is 473. The molecule has 1 saturated carbocycles. The quantitative estimate of drug-likeness (QED) is 0.843. The van der Waals surface area contributed by atoms with E-state index in [2.05, 4.69) is 21.2 Å². The Morgan fingerprint density at radius 3 is 2.68 bits per heavy atom. The van der Waals surface area contributed by atoms with E-state index in [1.165, 1.54) is 0 Å². The summed E-state index contributed by atoms with van der Waals surface area (Å²) in [6.07, 6.45) is 4.16. The van der Waals surface area contributed by atoms with E-state index in [-0.39, 0.29) is 11.4 Å². The van der Waals surface area contributed by atoms with Gasteiger partial charge in [-0.3, -0.25) is 4.79 Å². The summed E-state index contributed by atoms with van der Waals surface area (Å²) >= 11 is 9.42. The van der Waals surface area contributed by atoms with Gasteiger partial charge in [0, 0.05) is 11.4 Å². The zero-order chi connectivity index (χ0) is 13.9. The van der Waals surface area contributed by atoms with Crippen LogP contribution in [0.25, 0.3) is 0 Å². The molecule has 3 nitrogen and oxygen atoms in total. The highest BCUT2D eigenvalue weighted by Crippen LogP contribution is 2.31. The molecule has 0 bridgehead atoms. The maximum Gasteiger partial charge on any atom is 0.251 e. The van der Waals surface area contributed by atoms with Gasteiger partial charge in [0.2, 0.25) is 0 Å². The predicted octanol–water partition coefficient (Wildman–Crippen LogP) is 3.74. The molecule has 1 aliphatic rings. The van der Waals surface area contributed by atoms with E-state index >= 15 is 0 Å². The molecule has 5 heteroatoms. The molecule has 1 fully saturated rings. The lowest BCUT2D eigenvalue weighted by Crippen LogP contribution is -2.47. The first kappa shape index (κ1) is 14.7. The molecular formula is C14H17BrClNO2. The van der Waals surface area contributed by atoms with Crippen molar-refractivity contribution in [2.24, 2.45) is 0 Å². The number of carbonyl (C=O) groups excluding carboxylic acids is 1. The van der Waals surface area contributed by atoms with Gasteiger partial charge in [-0.15, -0.1) is 11.6 Å². The van der Waals surface area contributed by atoms with Gasteiger partial charge in [-0.2, -0.15) is 0 Å². The number of hydrogen-bond acceptors (Lipinski definition) is 2. The van der Waals surface area contributed by atoms with Crippen molar-refractivity contribution in [3.63, 3.8) is 0 Å². The first-order chi connectivity index (χ1) is 9.10. The Morgan fingerprint density at radius 2 is 2.16 bits per heavy atom. The molecular weight excluding hydrogens is 330 g/mol. The minimum Gasteiger partial charge on any atom is -0.496 e. The predicted molar refractivity (Wildman–Crippen MR) is 80.1 cm³/mol. The van der Waals surface area contributed by atoms with Gasteiger partial charge in [0.1, 0.15) is 5.75 Å². The first-order valence-electron chi connectivity index (χ1n) is 6.32. The van der Waals surface area contributed by atoms with Crippen LogP contribution in [-0.4, -0.2) is 24.4 Å². The normalized spacial score (nSPS) is 17.2. The summed E-state index contributed by atoms with van der Waals surface area (Å²) in [6, 6.07) is 5.31. The average molecular weight is 347 g/mol. The Balaban J connectivity index is 2.13. The summed E-state index contributed by atoms with van der Waals surface area (Å²) in [5, 5.41) is 3.09. The second-order valence-corrected chi connectivity index (χ2v) is 6.05. The molecule has 1 aliphatic carbocycles. The first-order valence-corrected chi connectivity index (χ1v) is 7.65. The van der Waals surface area contributed by atoms with Gasteiger partial charge in [0.15, 0.2) is 0 Å². The molecule has 1 amide bonds. The van der Waals surface area contributed by atoms with Crippen LogP contribution in [0, 0.1) is 0 Å². The molecule has 1 aromatic carbocycles. The number of benzene rings is 1. The van der Waals surface area contributed by atoms with E-state index in [1.807, 2.05) is 0 Å². The zero-order valence-electron chi connectivity index (χ0n) is 10.8. The van der Waals surface area contributed by atoms with Crippen LogP contribution in [0.2, 0.25) is 0 Å². The number of carbonyl (C=O) groups is 1. The van der Waals surface area contributed by atoms with Crippen molar-refractivity contribution in [1.82, 2.24) is 5.32 Å². The molecule has 0 heterocycles. The lowest BCUT2D eigenvalue weighted by molar-refractivity contribution is 0.0909. The van der Waals surface area contributed by atoms with E-state index in [0.717, 1.165) is 30.2 Å². The standard InChI is InChI=1S/C14H17BrClNO2/c1-19-12-5-4-10(8-11(12)15)13(18)17-14(9-16)6-2-3-7-14/h4-5,8H,2-3,6-7,9H2,1H3,(H,17,18). The van der Waals surface area contributed by atoms with Crippen LogP contribution in [0.5, 0.6) is 5.75 Å². The van der Waals surface area contributed by atoms with Crippen LogP contribution in [0.3, 0.4) is 0 Å². The third-order valence-corrected chi connectivity index (χ3v) is 4.74. The number of methoxy groups -OCH3 is 1. The number of rotatable bonds is 4. The molecule has 104 valence electrons. The third-order valence-electron chi connectivity index (χ3n) is 3.61. The van der Waals surface area contributed by atoms with E-state index in [0.29, 0.717) is 17.2 Å². The molecule has 0 aliphatic heterocycles. The topological polar surface area (TPSA) is 38.3 Å². The number of alkyl halides is 1. The molecule has 0 atom stereocenters. The van der Waals surface area contributed by atoms with Crippen LogP contribution in [0.15, 0.2) is 22.7 Å². The molecule has 0 unspecified atom stereocenters. The van der Waals surface area contributed by atoms with E-state index in [1.54, 1.807) is 25.3 Å². The summed E-state index contributed by atoms with van der Waals surface area (Å²) < 4.78 is 5.93. The fourth-order valence-corrected chi connectivity index (χ4v) is 3.34. The summed E-state index contributed by atoms with van der Waals surface area (Å²) in [4.78, 5) is 12.3. The van der Waals surface area contributed by atoms with Gasteiger partial charge in [-0.05, 0) is 47.0 Å². The Hall–Kier alpha value is -0.740. The molecule has 1 aromatic rings. The van der Waals surface area contributed by atoms with Crippen LogP contribution < -0.4 is 10.1 Å². The van der Waals surface area contributed by atoms with Gasteiger partial charge >= 0.3 is 0 Å². The second-order valence-electron chi connectivity index (χ2n) is 4.92. The highest BCUT2D eigenvalue weighted by molar-refractivity contribution is 9.10. The molecule has 2 rings (SSSR count). The molecule has 1 N–H and O–H groups in total. The zero-order valence-corrected chi connectivity index (χ0v) is 13.2. The summed E-state index contributed by atoms with van der Waals surface area (Å²) in [5.41, 5.74) is 0.384. The van der Waals surface area contributed by atoms with Crippen molar-refractivity contribution >= 4 is 33.4 Å². The smallest absolute Gasteiger partial charge is 0.251 e. The summed E-state index contributed by atoms with van der Waals surface area (Å²) in [6.45, 7) is 0. The minimum absolute atomic E-state index is 0.0779. The second kappa shape index (κ2) is 6.14. The van der Waals surface area contributed by atoms with Crippen molar-refractivity contribution in [2.75, 3.05) is 13.0 Å². The Morgan fingerprint density at radius 1 is 1.47 bits per heavy atom. The van der Waals surface area contributed by atoms with Crippen molar-refractivity contribution in [2.45, 2.75) is 31.2 Å². The molecule has 0 saturated heterocycles. The maximum atomic E-state index is 12.3. The van der Waals surface area contributed by atoms with Gasteiger partial charge < -0.3 is 10.1 Å².